The second-order valence-corrected chi connectivity index (χ2v) is 6.38. The van der Waals surface area contributed by atoms with Crippen LogP contribution in [0.25, 0.3) is 6.08 Å². The Hall–Kier alpha value is -2.21. The van der Waals surface area contributed by atoms with Gasteiger partial charge in [-0.25, -0.2) is 0 Å². The third-order valence-corrected chi connectivity index (χ3v) is 4.44. The van der Waals surface area contributed by atoms with Crippen LogP contribution in [0.15, 0.2) is 24.5 Å². The van der Waals surface area contributed by atoms with Crippen molar-refractivity contribution in [1.29, 1.82) is 0 Å². The summed E-state index contributed by atoms with van der Waals surface area (Å²) < 4.78 is 5.87. The molecule has 2 N–H and O–H groups in total. The molecule has 136 valence electrons. The van der Waals surface area contributed by atoms with Gasteiger partial charge in [0.05, 0.1) is 18.3 Å². The third-order valence-electron chi connectivity index (χ3n) is 4.44. The number of ether oxygens (including phenoxy) is 1. The average molecular weight is 345 g/mol. The van der Waals surface area contributed by atoms with Gasteiger partial charge in [-0.15, -0.1) is 0 Å². The summed E-state index contributed by atoms with van der Waals surface area (Å²) in [6.07, 6.45) is 11.3. The van der Waals surface area contributed by atoms with Crippen molar-refractivity contribution < 1.29 is 14.3 Å². The van der Waals surface area contributed by atoms with Crippen LogP contribution < -0.4 is 10.6 Å². The van der Waals surface area contributed by atoms with Gasteiger partial charge in [0, 0.05) is 32.1 Å². The molecule has 6 nitrogen and oxygen atoms in total. The Balaban J connectivity index is 1.72. The van der Waals surface area contributed by atoms with E-state index in [1.54, 1.807) is 25.4 Å². The molecule has 6 heteroatoms. The van der Waals surface area contributed by atoms with Crippen LogP contribution in [0, 0.1) is 5.92 Å². The number of nitrogens with zero attached hydrogens (tertiary/aromatic N) is 1. The quantitative estimate of drug-likeness (QED) is 0.586. The highest BCUT2D eigenvalue weighted by molar-refractivity contribution is 5.95. The van der Waals surface area contributed by atoms with E-state index < -0.39 is 0 Å². The minimum atomic E-state index is -0.207. The maximum Gasteiger partial charge on any atom is 0.252 e. The number of rotatable bonds is 7. The van der Waals surface area contributed by atoms with Crippen LogP contribution in [-0.4, -0.2) is 43.1 Å². The van der Waals surface area contributed by atoms with Crippen LogP contribution in [0.3, 0.4) is 0 Å². The monoisotopic (exact) mass is 345 g/mol. The fourth-order valence-corrected chi connectivity index (χ4v) is 2.96. The lowest BCUT2D eigenvalue weighted by molar-refractivity contribution is -0.116. The summed E-state index contributed by atoms with van der Waals surface area (Å²) >= 11 is 0. The molecule has 25 heavy (non-hydrogen) atoms. The second-order valence-electron chi connectivity index (χ2n) is 6.38. The number of aromatic nitrogens is 1. The first-order valence-corrected chi connectivity index (χ1v) is 8.85. The number of hydrogen-bond donors (Lipinski definition) is 2. The van der Waals surface area contributed by atoms with E-state index in [0.717, 1.165) is 6.42 Å². The molecule has 1 fully saturated rings. The van der Waals surface area contributed by atoms with Crippen molar-refractivity contribution in [3.05, 3.63) is 35.7 Å². The van der Waals surface area contributed by atoms with Gasteiger partial charge in [0.15, 0.2) is 0 Å². The van der Waals surface area contributed by atoms with Gasteiger partial charge < -0.3 is 15.4 Å². The van der Waals surface area contributed by atoms with E-state index >= 15 is 0 Å². The number of carbonyl (C=O) groups is 2. The highest BCUT2D eigenvalue weighted by Gasteiger charge is 2.21. The fraction of sp³-hybridized carbons (Fsp3) is 0.526. The van der Waals surface area contributed by atoms with Crippen molar-refractivity contribution in [2.45, 2.75) is 38.7 Å². The zero-order valence-corrected chi connectivity index (χ0v) is 15.0. The van der Waals surface area contributed by atoms with E-state index in [9.17, 15) is 9.59 Å². The number of amides is 2. The summed E-state index contributed by atoms with van der Waals surface area (Å²) in [6, 6.07) is 1.68. The molecule has 2 atom stereocenters. The molecule has 0 radical (unpaired) electrons. The van der Waals surface area contributed by atoms with E-state index in [4.69, 9.17) is 4.74 Å². The Morgan fingerprint density at radius 2 is 2.12 bits per heavy atom. The van der Waals surface area contributed by atoms with Crippen LogP contribution in [-0.2, 0) is 9.53 Å². The molecule has 2 amide bonds. The molecule has 1 heterocycles. The smallest absolute Gasteiger partial charge is 0.252 e. The van der Waals surface area contributed by atoms with Gasteiger partial charge >= 0.3 is 0 Å². The summed E-state index contributed by atoms with van der Waals surface area (Å²) in [5.41, 5.74) is 1.16. The Morgan fingerprint density at radius 3 is 2.88 bits per heavy atom. The van der Waals surface area contributed by atoms with E-state index in [0.29, 0.717) is 36.3 Å². The Bertz CT molecular complexity index is 616. The molecule has 0 spiro atoms. The maximum absolute atomic E-state index is 11.9. The lowest BCUT2D eigenvalue weighted by Gasteiger charge is -2.28. The summed E-state index contributed by atoms with van der Waals surface area (Å²) in [7, 11) is 1.56. The minimum absolute atomic E-state index is 0.189. The summed E-state index contributed by atoms with van der Waals surface area (Å²) in [4.78, 5) is 27.4. The van der Waals surface area contributed by atoms with Crippen LogP contribution in [0.5, 0.6) is 0 Å². The molecular weight excluding hydrogens is 318 g/mol. The van der Waals surface area contributed by atoms with Crippen LogP contribution >= 0.6 is 0 Å². The van der Waals surface area contributed by atoms with Gasteiger partial charge in [0.2, 0.25) is 5.91 Å². The highest BCUT2D eigenvalue weighted by Crippen LogP contribution is 2.25. The van der Waals surface area contributed by atoms with E-state index in [2.05, 4.69) is 22.5 Å². The van der Waals surface area contributed by atoms with Gasteiger partial charge in [0.25, 0.3) is 5.91 Å². The SMILES string of the molecule is CNC(=O)c1cncc(/C=C/C(=O)NCCO[C@@H]2CCCC[C@@H]2C)c1. The second kappa shape index (κ2) is 9.93. The highest BCUT2D eigenvalue weighted by atomic mass is 16.5. The van der Waals surface area contributed by atoms with Crippen LogP contribution in [0.1, 0.15) is 48.5 Å². The zero-order chi connectivity index (χ0) is 18.1. The molecule has 0 bridgehead atoms. The van der Waals surface area contributed by atoms with Crippen LogP contribution in [0.2, 0.25) is 0 Å². The number of hydrogen-bond acceptors (Lipinski definition) is 4. The fourth-order valence-electron chi connectivity index (χ4n) is 2.96. The summed E-state index contributed by atoms with van der Waals surface area (Å²) in [5.74, 6) is 0.205. The number of nitrogens with one attached hydrogen (secondary N) is 2. The maximum atomic E-state index is 11.9. The molecule has 0 unspecified atom stereocenters. The molecule has 0 saturated heterocycles. The molecule has 2 rings (SSSR count). The molecule has 1 saturated carbocycles. The topological polar surface area (TPSA) is 80.3 Å². The molecule has 1 aromatic rings. The first-order chi connectivity index (χ1) is 12.1. The minimum Gasteiger partial charge on any atom is -0.376 e. The molecule has 1 aliphatic carbocycles. The van der Waals surface area contributed by atoms with Gasteiger partial charge in [-0.3, -0.25) is 14.6 Å². The molecule has 0 aromatic carbocycles. The van der Waals surface area contributed by atoms with Crippen molar-refractivity contribution >= 4 is 17.9 Å². The Kier molecular flexibility index (Phi) is 7.60. The largest absolute Gasteiger partial charge is 0.376 e. The third kappa shape index (κ3) is 6.31. The predicted molar refractivity (Wildman–Crippen MR) is 97.0 cm³/mol. The molecule has 1 aromatic heterocycles. The summed E-state index contributed by atoms with van der Waals surface area (Å²) in [5, 5.41) is 5.35. The predicted octanol–water partition coefficient (Wildman–Crippen LogP) is 2.17. The molecule has 0 aliphatic heterocycles. The molecular formula is C19H27N3O3. The van der Waals surface area contributed by atoms with Crippen molar-refractivity contribution in [1.82, 2.24) is 15.6 Å². The molecule has 1 aliphatic rings. The van der Waals surface area contributed by atoms with E-state index in [1.165, 1.54) is 31.5 Å². The summed E-state index contributed by atoms with van der Waals surface area (Å²) in [6.45, 7) is 3.25. The normalized spacial score (nSPS) is 20.4. The lowest BCUT2D eigenvalue weighted by atomic mass is 9.88. The number of carbonyl (C=O) groups excluding carboxylic acids is 2. The van der Waals surface area contributed by atoms with E-state index in [1.807, 2.05) is 0 Å². The van der Waals surface area contributed by atoms with Gasteiger partial charge in [-0.1, -0.05) is 19.8 Å². The average Bonchev–Trinajstić information content (AvgIpc) is 2.64. The van der Waals surface area contributed by atoms with Crippen molar-refractivity contribution in [3.63, 3.8) is 0 Å². The standard InChI is InChI=1S/C19H27N3O3/c1-14-5-3-4-6-17(14)25-10-9-22-18(23)8-7-15-11-16(13-21-12-15)19(24)20-2/h7-8,11-14,17H,3-6,9-10H2,1-2H3,(H,20,24)(H,22,23)/b8-7+/t14-,17+/m0/s1. The van der Waals surface area contributed by atoms with Gasteiger partial charge in [-0.2, -0.15) is 0 Å². The zero-order valence-electron chi connectivity index (χ0n) is 15.0. The Morgan fingerprint density at radius 1 is 1.32 bits per heavy atom. The number of pyridine rings is 1. The Labute approximate surface area is 149 Å². The van der Waals surface area contributed by atoms with Gasteiger partial charge in [-0.05, 0) is 36.5 Å². The van der Waals surface area contributed by atoms with Crippen LogP contribution in [0.4, 0.5) is 0 Å². The van der Waals surface area contributed by atoms with Crippen molar-refractivity contribution in [3.8, 4) is 0 Å². The van der Waals surface area contributed by atoms with Gasteiger partial charge in [0.1, 0.15) is 0 Å². The van der Waals surface area contributed by atoms with Crippen molar-refractivity contribution in [2.75, 3.05) is 20.2 Å². The van der Waals surface area contributed by atoms with E-state index in [-0.39, 0.29) is 11.8 Å². The first kappa shape index (κ1) is 19.1. The lowest BCUT2D eigenvalue weighted by Crippen LogP contribution is -2.31. The van der Waals surface area contributed by atoms with Crippen molar-refractivity contribution in [2.24, 2.45) is 5.92 Å². The first-order valence-electron chi connectivity index (χ1n) is 8.85.